The number of amides is 2. The zero-order valence-electron chi connectivity index (χ0n) is 12.9. The number of aliphatic carboxylic acids is 1. The minimum atomic E-state index is -1.00. The molecule has 0 unspecified atom stereocenters. The van der Waals surface area contributed by atoms with Crippen molar-refractivity contribution in [3.8, 4) is 0 Å². The van der Waals surface area contributed by atoms with Gasteiger partial charge in [-0.25, -0.2) is 4.79 Å². The Bertz CT molecular complexity index is 612. The van der Waals surface area contributed by atoms with Gasteiger partial charge in [0.15, 0.2) is 0 Å². The molecule has 1 heterocycles. The van der Waals surface area contributed by atoms with E-state index in [0.29, 0.717) is 19.4 Å². The molecule has 2 atom stereocenters. The monoisotopic (exact) mass is 316 g/mol. The van der Waals surface area contributed by atoms with Gasteiger partial charge >= 0.3 is 5.97 Å². The van der Waals surface area contributed by atoms with E-state index in [0.717, 1.165) is 5.56 Å². The SMILES string of the molecule is C[C@H](NC(=O)C=Cc1ccccc1)C(=O)N1CCC[C@H]1C(=O)O. The van der Waals surface area contributed by atoms with Crippen LogP contribution in [0.25, 0.3) is 6.08 Å². The lowest BCUT2D eigenvalue weighted by Crippen LogP contribution is -2.50. The molecule has 23 heavy (non-hydrogen) atoms. The van der Waals surface area contributed by atoms with Crippen LogP contribution in [-0.4, -0.2) is 46.4 Å². The largest absolute Gasteiger partial charge is 0.480 e. The highest BCUT2D eigenvalue weighted by atomic mass is 16.4. The fourth-order valence-corrected chi connectivity index (χ4v) is 2.60. The summed E-state index contributed by atoms with van der Waals surface area (Å²) in [6.07, 6.45) is 4.13. The van der Waals surface area contributed by atoms with E-state index in [9.17, 15) is 14.4 Å². The van der Waals surface area contributed by atoms with E-state index in [2.05, 4.69) is 5.32 Å². The molecule has 0 aliphatic carbocycles. The quantitative estimate of drug-likeness (QED) is 0.801. The van der Waals surface area contributed by atoms with Crippen LogP contribution in [0.1, 0.15) is 25.3 Å². The second kappa shape index (κ2) is 7.58. The Morgan fingerprint density at radius 3 is 2.65 bits per heavy atom. The van der Waals surface area contributed by atoms with Crippen LogP contribution >= 0.6 is 0 Å². The Morgan fingerprint density at radius 1 is 1.30 bits per heavy atom. The summed E-state index contributed by atoms with van der Waals surface area (Å²) in [6, 6.07) is 7.78. The number of benzene rings is 1. The van der Waals surface area contributed by atoms with Gasteiger partial charge < -0.3 is 15.3 Å². The Hall–Kier alpha value is -2.63. The molecular weight excluding hydrogens is 296 g/mol. The van der Waals surface area contributed by atoms with Gasteiger partial charge in [0.05, 0.1) is 0 Å². The summed E-state index contributed by atoms with van der Waals surface area (Å²) < 4.78 is 0. The third kappa shape index (κ3) is 4.42. The third-order valence-electron chi connectivity index (χ3n) is 3.78. The van der Waals surface area contributed by atoms with Crippen molar-refractivity contribution in [3.63, 3.8) is 0 Å². The summed E-state index contributed by atoms with van der Waals surface area (Å²) in [6.45, 7) is 1.98. The fourth-order valence-electron chi connectivity index (χ4n) is 2.60. The Balaban J connectivity index is 1.91. The van der Waals surface area contributed by atoms with Crippen LogP contribution in [0.4, 0.5) is 0 Å². The van der Waals surface area contributed by atoms with Gasteiger partial charge in [-0.15, -0.1) is 0 Å². The van der Waals surface area contributed by atoms with Crippen LogP contribution in [0, 0.1) is 0 Å². The average Bonchev–Trinajstić information content (AvgIpc) is 3.03. The number of carboxylic acid groups (broad SMARTS) is 1. The smallest absolute Gasteiger partial charge is 0.326 e. The van der Waals surface area contributed by atoms with Crippen LogP contribution in [0.2, 0.25) is 0 Å². The van der Waals surface area contributed by atoms with Crippen LogP contribution < -0.4 is 5.32 Å². The molecule has 1 aliphatic rings. The zero-order valence-corrected chi connectivity index (χ0v) is 12.9. The molecule has 122 valence electrons. The summed E-state index contributed by atoms with van der Waals surface area (Å²) >= 11 is 0. The van der Waals surface area contributed by atoms with Gasteiger partial charge in [0.2, 0.25) is 11.8 Å². The van der Waals surface area contributed by atoms with Crippen molar-refractivity contribution in [2.75, 3.05) is 6.54 Å². The highest BCUT2D eigenvalue weighted by molar-refractivity contribution is 5.96. The van der Waals surface area contributed by atoms with Gasteiger partial charge in [0.1, 0.15) is 12.1 Å². The first-order valence-corrected chi connectivity index (χ1v) is 7.56. The second-order valence-electron chi connectivity index (χ2n) is 5.50. The first-order chi connectivity index (χ1) is 11.0. The molecule has 1 aliphatic heterocycles. The van der Waals surface area contributed by atoms with E-state index in [1.54, 1.807) is 13.0 Å². The molecule has 2 amide bonds. The van der Waals surface area contributed by atoms with Crippen molar-refractivity contribution in [3.05, 3.63) is 42.0 Å². The third-order valence-corrected chi connectivity index (χ3v) is 3.78. The van der Waals surface area contributed by atoms with Crippen LogP contribution in [-0.2, 0) is 14.4 Å². The van der Waals surface area contributed by atoms with E-state index >= 15 is 0 Å². The molecule has 0 saturated carbocycles. The molecular formula is C17H20N2O4. The minimum Gasteiger partial charge on any atom is -0.480 e. The minimum absolute atomic E-state index is 0.364. The number of carbonyl (C=O) groups is 3. The van der Waals surface area contributed by atoms with Crippen molar-refractivity contribution in [1.82, 2.24) is 10.2 Å². The van der Waals surface area contributed by atoms with Gasteiger partial charge in [-0.1, -0.05) is 30.3 Å². The number of nitrogens with one attached hydrogen (secondary N) is 1. The first kappa shape index (κ1) is 16.7. The number of carbonyl (C=O) groups excluding carboxylic acids is 2. The molecule has 2 N–H and O–H groups in total. The summed E-state index contributed by atoms with van der Waals surface area (Å²) in [5.74, 6) is -1.75. The van der Waals surface area contributed by atoms with Gasteiger partial charge in [-0.05, 0) is 31.4 Å². The summed E-state index contributed by atoms with van der Waals surface area (Å²) in [4.78, 5) is 36.6. The molecule has 0 radical (unpaired) electrons. The number of rotatable bonds is 5. The van der Waals surface area contributed by atoms with Crippen molar-refractivity contribution in [2.24, 2.45) is 0 Å². The van der Waals surface area contributed by atoms with E-state index < -0.39 is 18.1 Å². The Morgan fingerprint density at radius 2 is 2.00 bits per heavy atom. The lowest BCUT2D eigenvalue weighted by Gasteiger charge is -2.25. The van der Waals surface area contributed by atoms with Crippen molar-refractivity contribution in [1.29, 1.82) is 0 Å². The van der Waals surface area contributed by atoms with E-state index in [1.807, 2.05) is 30.3 Å². The lowest BCUT2D eigenvalue weighted by molar-refractivity contribution is -0.149. The maximum absolute atomic E-state index is 12.3. The number of nitrogens with zero attached hydrogens (tertiary/aromatic N) is 1. The summed E-state index contributed by atoms with van der Waals surface area (Å²) in [7, 11) is 0. The van der Waals surface area contributed by atoms with Crippen molar-refractivity contribution >= 4 is 23.9 Å². The van der Waals surface area contributed by atoms with Crippen molar-refractivity contribution < 1.29 is 19.5 Å². The molecule has 0 spiro atoms. The predicted octanol–water partition coefficient (Wildman–Crippen LogP) is 1.28. The predicted molar refractivity (Wildman–Crippen MR) is 85.5 cm³/mol. The van der Waals surface area contributed by atoms with Gasteiger partial charge in [-0.3, -0.25) is 9.59 Å². The topological polar surface area (TPSA) is 86.7 Å². The molecule has 0 aromatic heterocycles. The maximum atomic E-state index is 12.3. The molecule has 6 heteroatoms. The zero-order chi connectivity index (χ0) is 16.8. The molecule has 1 fully saturated rings. The van der Waals surface area contributed by atoms with Crippen LogP contribution in [0.5, 0.6) is 0 Å². The van der Waals surface area contributed by atoms with Gasteiger partial charge in [-0.2, -0.15) is 0 Å². The molecule has 1 aromatic rings. The van der Waals surface area contributed by atoms with E-state index in [4.69, 9.17) is 5.11 Å². The molecule has 2 rings (SSSR count). The maximum Gasteiger partial charge on any atom is 0.326 e. The molecule has 6 nitrogen and oxygen atoms in total. The lowest BCUT2D eigenvalue weighted by atomic mass is 10.2. The molecule has 0 bridgehead atoms. The van der Waals surface area contributed by atoms with Crippen LogP contribution in [0.3, 0.4) is 0 Å². The molecule has 1 aromatic carbocycles. The summed E-state index contributed by atoms with van der Waals surface area (Å²) in [5.41, 5.74) is 0.882. The number of hydrogen-bond donors (Lipinski definition) is 2. The Kier molecular flexibility index (Phi) is 5.51. The Labute approximate surface area is 134 Å². The number of carboxylic acids is 1. The van der Waals surface area contributed by atoms with Gasteiger partial charge in [0, 0.05) is 12.6 Å². The normalized spacial score (nSPS) is 18.8. The number of likely N-dealkylation sites (tertiary alicyclic amines) is 1. The number of hydrogen-bond acceptors (Lipinski definition) is 3. The first-order valence-electron chi connectivity index (χ1n) is 7.56. The highest BCUT2D eigenvalue weighted by Gasteiger charge is 2.35. The van der Waals surface area contributed by atoms with Crippen molar-refractivity contribution in [2.45, 2.75) is 31.8 Å². The summed E-state index contributed by atoms with van der Waals surface area (Å²) in [5, 5.41) is 11.7. The van der Waals surface area contributed by atoms with Gasteiger partial charge in [0.25, 0.3) is 0 Å². The van der Waals surface area contributed by atoms with Crippen LogP contribution in [0.15, 0.2) is 36.4 Å². The standard InChI is InChI=1S/C17H20N2O4/c1-12(16(21)19-11-5-8-14(19)17(22)23)18-15(20)10-9-13-6-3-2-4-7-13/h2-4,6-7,9-10,12,14H,5,8,11H2,1H3,(H,18,20)(H,22,23)/t12-,14-/m0/s1. The van der Waals surface area contributed by atoms with E-state index in [1.165, 1.54) is 11.0 Å². The molecule has 1 saturated heterocycles. The second-order valence-corrected chi connectivity index (χ2v) is 5.50. The average molecular weight is 316 g/mol. The fraction of sp³-hybridized carbons (Fsp3) is 0.353. The van der Waals surface area contributed by atoms with E-state index in [-0.39, 0.29) is 11.8 Å². The highest BCUT2D eigenvalue weighted by Crippen LogP contribution is 2.18.